The summed E-state index contributed by atoms with van der Waals surface area (Å²) in [4.78, 5) is 51.1. The predicted octanol–water partition coefficient (Wildman–Crippen LogP) is 5.09. The number of anilines is 3. The van der Waals surface area contributed by atoms with E-state index in [-0.39, 0.29) is 27.9 Å². The minimum absolute atomic E-state index is 0.0909. The number of aryl methyl sites for hydroxylation is 3. The summed E-state index contributed by atoms with van der Waals surface area (Å²) in [6.07, 6.45) is 0. The number of rotatable bonds is 6. The molecule has 0 fully saturated rings. The zero-order valence-electron chi connectivity index (χ0n) is 20.6. The standard InChI is InChI=1S/C28H24ClN3O5/c1-15-13-16(2)23(17(3)14-15)31-25(33)18-5-9-20(10-6-18)30-24-22(29)26(34)32(27(24)35)21-11-7-19(8-12-21)28(36)37-4/h5-14,30H,1-4H3,(H,31,33). The SMILES string of the molecule is COC(=O)c1ccc(N2C(=O)C(Cl)=C(Nc3ccc(C(=O)Nc4c(C)cc(C)cc4C)cc3)C2=O)cc1. The summed E-state index contributed by atoms with van der Waals surface area (Å²) >= 11 is 6.20. The van der Waals surface area contributed by atoms with Gasteiger partial charge < -0.3 is 15.4 Å². The summed E-state index contributed by atoms with van der Waals surface area (Å²) in [6, 6.07) is 16.3. The van der Waals surface area contributed by atoms with Crippen LogP contribution in [-0.4, -0.2) is 30.8 Å². The predicted molar refractivity (Wildman–Crippen MR) is 142 cm³/mol. The van der Waals surface area contributed by atoms with Crippen LogP contribution in [0.3, 0.4) is 0 Å². The van der Waals surface area contributed by atoms with Gasteiger partial charge >= 0.3 is 5.97 Å². The fourth-order valence-corrected chi connectivity index (χ4v) is 4.34. The molecule has 3 aromatic rings. The number of nitrogens with zero attached hydrogens (tertiary/aromatic N) is 1. The van der Waals surface area contributed by atoms with Crippen molar-refractivity contribution in [3.8, 4) is 0 Å². The van der Waals surface area contributed by atoms with E-state index in [1.165, 1.54) is 31.4 Å². The molecule has 0 bridgehead atoms. The first kappa shape index (κ1) is 25.7. The maximum Gasteiger partial charge on any atom is 0.337 e. The molecule has 8 nitrogen and oxygen atoms in total. The number of carbonyl (C=O) groups is 4. The molecule has 3 amide bonds. The van der Waals surface area contributed by atoms with Crippen LogP contribution in [0.15, 0.2) is 71.4 Å². The Labute approximate surface area is 218 Å². The lowest BCUT2D eigenvalue weighted by Crippen LogP contribution is -2.32. The quantitative estimate of drug-likeness (QED) is 0.349. The van der Waals surface area contributed by atoms with Gasteiger partial charge in [0.25, 0.3) is 17.7 Å². The summed E-state index contributed by atoms with van der Waals surface area (Å²) in [6.45, 7) is 5.88. The van der Waals surface area contributed by atoms with E-state index in [1.807, 2.05) is 32.9 Å². The van der Waals surface area contributed by atoms with E-state index in [0.29, 0.717) is 11.3 Å². The number of imide groups is 1. The summed E-state index contributed by atoms with van der Waals surface area (Å²) in [5.74, 6) is -2.15. The van der Waals surface area contributed by atoms with Crippen LogP contribution in [0.2, 0.25) is 0 Å². The first-order valence-corrected chi connectivity index (χ1v) is 11.7. The third kappa shape index (κ3) is 5.10. The normalized spacial score (nSPS) is 13.2. The minimum atomic E-state index is -0.695. The summed E-state index contributed by atoms with van der Waals surface area (Å²) in [5, 5.41) is 5.56. The van der Waals surface area contributed by atoms with Crippen molar-refractivity contribution >= 4 is 52.4 Å². The van der Waals surface area contributed by atoms with Gasteiger partial charge in [-0.3, -0.25) is 14.4 Å². The lowest BCUT2D eigenvalue weighted by atomic mass is 10.0. The van der Waals surface area contributed by atoms with E-state index >= 15 is 0 Å². The lowest BCUT2D eigenvalue weighted by molar-refractivity contribution is -0.120. The number of benzene rings is 3. The highest BCUT2D eigenvalue weighted by atomic mass is 35.5. The molecule has 0 radical (unpaired) electrons. The lowest BCUT2D eigenvalue weighted by Gasteiger charge is -2.15. The Kier molecular flexibility index (Phi) is 7.13. The largest absolute Gasteiger partial charge is 0.465 e. The molecule has 0 aliphatic carbocycles. The van der Waals surface area contributed by atoms with Crippen LogP contribution in [0.4, 0.5) is 17.1 Å². The first-order chi connectivity index (χ1) is 17.6. The van der Waals surface area contributed by atoms with Gasteiger partial charge in [0.2, 0.25) is 0 Å². The molecule has 1 heterocycles. The number of esters is 1. The molecular weight excluding hydrogens is 494 g/mol. The van der Waals surface area contributed by atoms with E-state index in [0.717, 1.165) is 27.3 Å². The van der Waals surface area contributed by atoms with Gasteiger partial charge in [-0.15, -0.1) is 0 Å². The summed E-state index contributed by atoms with van der Waals surface area (Å²) in [7, 11) is 1.26. The van der Waals surface area contributed by atoms with Gasteiger partial charge in [-0.2, -0.15) is 0 Å². The first-order valence-electron chi connectivity index (χ1n) is 11.3. The zero-order valence-corrected chi connectivity index (χ0v) is 21.4. The number of halogens is 1. The van der Waals surface area contributed by atoms with Crippen LogP contribution >= 0.6 is 11.6 Å². The molecule has 1 aliphatic rings. The van der Waals surface area contributed by atoms with Crippen molar-refractivity contribution in [3.05, 3.63) is 99.2 Å². The number of amides is 3. The molecule has 1 aliphatic heterocycles. The van der Waals surface area contributed by atoms with Crippen LogP contribution in [0, 0.1) is 20.8 Å². The zero-order chi connectivity index (χ0) is 26.9. The highest BCUT2D eigenvalue weighted by Gasteiger charge is 2.39. The Balaban J connectivity index is 1.48. The Morgan fingerprint density at radius 1 is 0.838 bits per heavy atom. The fourth-order valence-electron chi connectivity index (χ4n) is 4.12. The Morgan fingerprint density at radius 2 is 1.41 bits per heavy atom. The van der Waals surface area contributed by atoms with Gasteiger partial charge in [-0.1, -0.05) is 29.3 Å². The van der Waals surface area contributed by atoms with Crippen molar-refractivity contribution in [1.29, 1.82) is 0 Å². The number of nitrogens with one attached hydrogen (secondary N) is 2. The van der Waals surface area contributed by atoms with Crippen LogP contribution in [-0.2, 0) is 14.3 Å². The van der Waals surface area contributed by atoms with E-state index in [9.17, 15) is 19.2 Å². The van der Waals surface area contributed by atoms with Gasteiger partial charge in [0.1, 0.15) is 10.7 Å². The second kappa shape index (κ2) is 10.3. The molecule has 0 unspecified atom stereocenters. The molecule has 9 heteroatoms. The average molecular weight is 518 g/mol. The van der Waals surface area contributed by atoms with Crippen LogP contribution in [0.5, 0.6) is 0 Å². The molecule has 37 heavy (non-hydrogen) atoms. The van der Waals surface area contributed by atoms with Crippen molar-refractivity contribution < 1.29 is 23.9 Å². The number of carbonyl (C=O) groups excluding carboxylic acids is 4. The molecule has 0 saturated carbocycles. The maximum atomic E-state index is 13.0. The molecule has 0 aromatic heterocycles. The second-order valence-corrected chi connectivity index (χ2v) is 8.98. The number of hydrogen-bond acceptors (Lipinski definition) is 6. The number of methoxy groups -OCH3 is 1. The Hall–Kier alpha value is -4.43. The monoisotopic (exact) mass is 517 g/mol. The maximum absolute atomic E-state index is 13.0. The third-order valence-electron chi connectivity index (χ3n) is 5.91. The van der Waals surface area contributed by atoms with E-state index < -0.39 is 17.8 Å². The van der Waals surface area contributed by atoms with E-state index in [2.05, 4.69) is 15.4 Å². The molecule has 0 saturated heterocycles. The van der Waals surface area contributed by atoms with Crippen molar-refractivity contribution in [3.63, 3.8) is 0 Å². The molecule has 0 atom stereocenters. The highest BCUT2D eigenvalue weighted by molar-refractivity contribution is 6.53. The number of ether oxygens (including phenoxy) is 1. The Morgan fingerprint density at radius 3 is 1.97 bits per heavy atom. The molecule has 188 valence electrons. The average Bonchev–Trinajstić information content (AvgIpc) is 3.09. The van der Waals surface area contributed by atoms with Crippen molar-refractivity contribution in [2.24, 2.45) is 0 Å². The van der Waals surface area contributed by atoms with E-state index in [1.54, 1.807) is 24.3 Å². The number of hydrogen-bond donors (Lipinski definition) is 2. The van der Waals surface area contributed by atoms with Crippen molar-refractivity contribution in [2.45, 2.75) is 20.8 Å². The van der Waals surface area contributed by atoms with Crippen LogP contribution in [0.25, 0.3) is 0 Å². The fraction of sp³-hybridized carbons (Fsp3) is 0.143. The van der Waals surface area contributed by atoms with Gasteiger partial charge in [0, 0.05) is 16.9 Å². The second-order valence-electron chi connectivity index (χ2n) is 8.60. The van der Waals surface area contributed by atoms with Crippen molar-refractivity contribution in [2.75, 3.05) is 22.6 Å². The topological polar surface area (TPSA) is 105 Å². The molecule has 3 aromatic carbocycles. The molecule has 0 spiro atoms. The van der Waals surface area contributed by atoms with Gasteiger partial charge in [-0.05, 0) is 80.4 Å². The molecule has 4 rings (SSSR count). The minimum Gasteiger partial charge on any atom is -0.465 e. The van der Waals surface area contributed by atoms with Gasteiger partial charge in [-0.25, -0.2) is 9.69 Å². The molecule has 2 N–H and O–H groups in total. The Bertz CT molecular complexity index is 1440. The van der Waals surface area contributed by atoms with Crippen molar-refractivity contribution in [1.82, 2.24) is 0 Å². The highest BCUT2D eigenvalue weighted by Crippen LogP contribution is 2.30. The van der Waals surface area contributed by atoms with Gasteiger partial charge in [0.15, 0.2) is 0 Å². The third-order valence-corrected chi connectivity index (χ3v) is 6.26. The van der Waals surface area contributed by atoms with Gasteiger partial charge in [0.05, 0.1) is 18.4 Å². The summed E-state index contributed by atoms with van der Waals surface area (Å²) < 4.78 is 4.66. The summed E-state index contributed by atoms with van der Waals surface area (Å²) in [5.41, 5.74) is 5.16. The smallest absolute Gasteiger partial charge is 0.337 e. The van der Waals surface area contributed by atoms with E-state index in [4.69, 9.17) is 11.6 Å². The molecular formula is C28H24ClN3O5. The van der Waals surface area contributed by atoms with Crippen LogP contribution < -0.4 is 15.5 Å². The van der Waals surface area contributed by atoms with Crippen LogP contribution in [0.1, 0.15) is 37.4 Å².